The van der Waals surface area contributed by atoms with Gasteiger partial charge in [0.05, 0.1) is 35.2 Å². The molecule has 1 atom stereocenters. The number of ether oxygens (including phenoxy) is 1. The number of amides is 2. The van der Waals surface area contributed by atoms with Gasteiger partial charge in [-0.25, -0.2) is 8.42 Å². The fraction of sp³-hybridized carbons (Fsp3) is 0.286. The van der Waals surface area contributed by atoms with E-state index < -0.39 is 46.0 Å². The number of hydrogen-bond donors (Lipinski definition) is 3. The molecule has 1 aliphatic rings. The van der Waals surface area contributed by atoms with Gasteiger partial charge in [-0.05, 0) is 66.6 Å². The highest BCUT2D eigenvalue weighted by atomic mass is 35.5. The molecule has 0 fully saturated rings. The highest BCUT2D eigenvalue weighted by molar-refractivity contribution is 7.92. The van der Waals surface area contributed by atoms with E-state index in [0.29, 0.717) is 0 Å². The number of alkyl halides is 3. The quantitative estimate of drug-likeness (QED) is 0.307. The van der Waals surface area contributed by atoms with Crippen molar-refractivity contribution in [3.05, 3.63) is 87.9 Å². The lowest BCUT2D eigenvalue weighted by Crippen LogP contribution is -2.38. The van der Waals surface area contributed by atoms with Crippen LogP contribution in [0.15, 0.2) is 65.6 Å². The number of nitrogens with zero attached hydrogens (tertiary/aromatic N) is 1. The van der Waals surface area contributed by atoms with E-state index in [2.05, 4.69) is 10.6 Å². The molecule has 3 aromatic rings. The lowest BCUT2D eigenvalue weighted by atomic mass is 9.99. The van der Waals surface area contributed by atoms with E-state index in [1.54, 1.807) is 19.1 Å². The number of benzene rings is 3. The van der Waals surface area contributed by atoms with Gasteiger partial charge in [-0.15, -0.1) is 12.4 Å². The number of carbonyl (C=O) groups is 2. The normalized spacial score (nSPS) is 13.7. The molecular weight excluding hydrogens is 632 g/mol. The Labute approximate surface area is 258 Å². The fourth-order valence-corrected chi connectivity index (χ4v) is 6.23. The zero-order chi connectivity index (χ0) is 30.7. The van der Waals surface area contributed by atoms with Crippen molar-refractivity contribution in [2.45, 2.75) is 30.5 Å². The van der Waals surface area contributed by atoms with Crippen molar-refractivity contribution in [3.63, 3.8) is 0 Å². The molecule has 9 nitrogen and oxygen atoms in total. The number of anilines is 1. The van der Waals surface area contributed by atoms with Crippen LogP contribution in [0.5, 0.6) is 5.75 Å². The molecule has 0 radical (unpaired) electrons. The van der Waals surface area contributed by atoms with Gasteiger partial charge in [0.25, 0.3) is 15.9 Å². The summed E-state index contributed by atoms with van der Waals surface area (Å²) in [5.74, 6) is -1.12. The van der Waals surface area contributed by atoms with E-state index in [1.807, 2.05) is 0 Å². The highest BCUT2D eigenvalue weighted by Gasteiger charge is 2.34. The van der Waals surface area contributed by atoms with Crippen molar-refractivity contribution in [1.82, 2.24) is 10.6 Å². The van der Waals surface area contributed by atoms with Crippen LogP contribution < -0.4 is 25.4 Å². The van der Waals surface area contributed by atoms with Crippen LogP contribution in [0.3, 0.4) is 0 Å². The molecule has 4 rings (SSSR count). The minimum absolute atomic E-state index is 0. The first-order chi connectivity index (χ1) is 19.8. The molecule has 2 amide bonds. The topological polar surface area (TPSA) is 131 Å². The van der Waals surface area contributed by atoms with Gasteiger partial charge in [0.2, 0.25) is 5.91 Å². The largest absolute Gasteiger partial charge is 0.489 e. The van der Waals surface area contributed by atoms with Crippen molar-refractivity contribution >= 4 is 51.5 Å². The minimum Gasteiger partial charge on any atom is -0.489 e. The molecule has 43 heavy (non-hydrogen) atoms. The molecule has 0 unspecified atom stereocenters. The van der Waals surface area contributed by atoms with Crippen LogP contribution in [-0.2, 0) is 21.0 Å². The molecule has 0 saturated heterocycles. The van der Waals surface area contributed by atoms with Gasteiger partial charge < -0.3 is 21.1 Å². The molecule has 15 heteroatoms. The number of fused-ring (bicyclic) bond motifs is 1. The molecule has 232 valence electrons. The number of rotatable bonds is 9. The van der Waals surface area contributed by atoms with Crippen LogP contribution in [0.2, 0.25) is 5.02 Å². The van der Waals surface area contributed by atoms with Crippen LogP contribution in [0.25, 0.3) is 0 Å². The van der Waals surface area contributed by atoms with Gasteiger partial charge in [-0.3, -0.25) is 13.9 Å². The average Bonchev–Trinajstić information content (AvgIpc) is 2.94. The van der Waals surface area contributed by atoms with E-state index in [-0.39, 0.29) is 71.1 Å². The van der Waals surface area contributed by atoms with E-state index in [1.165, 1.54) is 30.3 Å². The summed E-state index contributed by atoms with van der Waals surface area (Å²) in [5.41, 5.74) is 5.14. The molecule has 0 saturated carbocycles. The predicted octanol–water partition coefficient (Wildman–Crippen LogP) is 4.61. The smallest absolute Gasteiger partial charge is 0.416 e. The maximum Gasteiger partial charge on any atom is 0.416 e. The third-order valence-electron chi connectivity index (χ3n) is 6.48. The monoisotopic (exact) mass is 660 g/mol. The van der Waals surface area contributed by atoms with Gasteiger partial charge in [-0.1, -0.05) is 23.7 Å². The Hall–Kier alpha value is -3.52. The standard InChI is InChI=1S/C28H28ClF3N4O5S.ClH/c1-17-3-2-4-20(13-17)42(39,40)36-11-12-41-25-8-5-18(14-24(25)36)27(38)35-23(16-26(37)34-10-9-33)21-15-19(28(30,31)32)6-7-22(21)29;/h2-8,13-15,23H,9-12,16,33H2,1H3,(H,34,37)(H,35,38);1H/t23-;/m0./s1. The molecular formula is C28H29Cl2F3N4O5S. The van der Waals surface area contributed by atoms with E-state index in [9.17, 15) is 31.2 Å². The summed E-state index contributed by atoms with van der Waals surface area (Å²) in [6.07, 6.45) is -5.13. The number of aryl methyl sites for hydroxylation is 1. The third-order valence-corrected chi connectivity index (χ3v) is 8.63. The maximum atomic E-state index is 13.5. The highest BCUT2D eigenvalue weighted by Crippen LogP contribution is 2.37. The molecule has 0 aromatic heterocycles. The zero-order valence-corrected chi connectivity index (χ0v) is 25.2. The second kappa shape index (κ2) is 13.8. The Kier molecular flexibility index (Phi) is 10.9. The van der Waals surface area contributed by atoms with Crippen LogP contribution in [0.1, 0.15) is 39.5 Å². The SMILES string of the molecule is Cc1cccc(S(=O)(=O)N2CCOc3ccc(C(=O)N[C@@H](CC(=O)NCCN)c4cc(C(F)(F)F)ccc4Cl)cc32)c1.Cl. The molecule has 0 spiro atoms. The summed E-state index contributed by atoms with van der Waals surface area (Å²) in [6.45, 7) is 2.08. The van der Waals surface area contributed by atoms with Crippen LogP contribution in [0, 0.1) is 6.92 Å². The number of hydrogen-bond acceptors (Lipinski definition) is 6. The summed E-state index contributed by atoms with van der Waals surface area (Å²) < 4.78 is 74.2. The van der Waals surface area contributed by atoms with Crippen LogP contribution >= 0.6 is 24.0 Å². The minimum atomic E-state index is -4.69. The average molecular weight is 662 g/mol. The summed E-state index contributed by atoms with van der Waals surface area (Å²) in [5, 5.41) is 5.02. The Morgan fingerprint density at radius 1 is 1.12 bits per heavy atom. The van der Waals surface area contributed by atoms with Crippen molar-refractivity contribution in [3.8, 4) is 5.75 Å². The number of nitrogens with two attached hydrogens (primary N) is 1. The van der Waals surface area contributed by atoms with Crippen LogP contribution in [-0.4, -0.2) is 46.5 Å². The van der Waals surface area contributed by atoms with Crippen molar-refractivity contribution in [2.24, 2.45) is 5.73 Å². The Balaban J connectivity index is 0.00000506. The molecule has 0 bridgehead atoms. The lowest BCUT2D eigenvalue weighted by Gasteiger charge is -2.31. The first kappa shape index (κ1) is 34.0. The first-order valence-electron chi connectivity index (χ1n) is 12.8. The summed E-state index contributed by atoms with van der Waals surface area (Å²) in [4.78, 5) is 26.0. The molecule has 3 aromatic carbocycles. The molecule has 0 aliphatic carbocycles. The number of nitrogens with one attached hydrogen (secondary N) is 2. The second-order valence-electron chi connectivity index (χ2n) is 9.53. The number of carbonyl (C=O) groups excluding carboxylic acids is 2. The molecule has 4 N–H and O–H groups in total. The van der Waals surface area contributed by atoms with Gasteiger partial charge in [0, 0.05) is 23.7 Å². The van der Waals surface area contributed by atoms with Gasteiger partial charge in [0.15, 0.2) is 0 Å². The maximum absolute atomic E-state index is 13.5. The van der Waals surface area contributed by atoms with Crippen molar-refractivity contribution in [2.75, 3.05) is 30.5 Å². The summed E-state index contributed by atoms with van der Waals surface area (Å²) in [7, 11) is -4.02. The Morgan fingerprint density at radius 2 is 1.86 bits per heavy atom. The Morgan fingerprint density at radius 3 is 2.53 bits per heavy atom. The van der Waals surface area contributed by atoms with Gasteiger partial charge >= 0.3 is 6.18 Å². The molecule has 1 heterocycles. The van der Waals surface area contributed by atoms with Crippen LogP contribution in [0.4, 0.5) is 18.9 Å². The fourth-order valence-electron chi connectivity index (χ4n) is 4.42. The van der Waals surface area contributed by atoms with Gasteiger partial charge in [0.1, 0.15) is 12.4 Å². The predicted molar refractivity (Wildman–Crippen MR) is 158 cm³/mol. The third kappa shape index (κ3) is 7.91. The van der Waals surface area contributed by atoms with Crippen molar-refractivity contribution < 1.29 is 35.9 Å². The first-order valence-corrected chi connectivity index (χ1v) is 14.6. The summed E-state index contributed by atoms with van der Waals surface area (Å²) in [6, 6.07) is 11.9. The molecule has 1 aliphatic heterocycles. The number of sulfonamides is 1. The second-order valence-corrected chi connectivity index (χ2v) is 11.8. The van der Waals surface area contributed by atoms with Crippen molar-refractivity contribution in [1.29, 1.82) is 0 Å². The van der Waals surface area contributed by atoms with E-state index in [0.717, 1.165) is 28.1 Å². The van der Waals surface area contributed by atoms with Gasteiger partial charge in [-0.2, -0.15) is 13.2 Å². The number of halogens is 5. The summed E-state index contributed by atoms with van der Waals surface area (Å²) >= 11 is 6.23. The zero-order valence-electron chi connectivity index (χ0n) is 22.8. The Bertz CT molecular complexity index is 1610. The van der Waals surface area contributed by atoms with E-state index in [4.69, 9.17) is 22.1 Å². The lowest BCUT2D eigenvalue weighted by molar-refractivity contribution is -0.137. The van der Waals surface area contributed by atoms with E-state index >= 15 is 0 Å².